The molecule has 1 aromatic rings. The predicted octanol–water partition coefficient (Wildman–Crippen LogP) is 4.62. The van der Waals surface area contributed by atoms with Crippen molar-refractivity contribution in [1.82, 2.24) is 5.32 Å². The van der Waals surface area contributed by atoms with Crippen LogP contribution in [0, 0.1) is 11.3 Å². The fourth-order valence-corrected chi connectivity index (χ4v) is 4.40. The normalized spacial score (nSPS) is 24.2. The van der Waals surface area contributed by atoms with Crippen molar-refractivity contribution in [2.75, 3.05) is 7.11 Å². The molecule has 2 atom stereocenters. The standard InChI is InChI=1S/C24H31NO3/c1-14-19(22(27)28-7)20(15-8-10-16(11-9-15)23(2,3)4)21-17(25-14)12-24(5,6)13-18(21)26/h8-12,20-21,25H,13H2,1-7H3. The Hall–Kier alpha value is -2.36. The third-order valence-corrected chi connectivity index (χ3v) is 5.78. The molecule has 2 unspecified atom stereocenters. The molecule has 2 aliphatic rings. The monoisotopic (exact) mass is 381 g/mol. The van der Waals surface area contributed by atoms with Crippen LogP contribution in [0.5, 0.6) is 0 Å². The van der Waals surface area contributed by atoms with Crippen LogP contribution in [0.1, 0.15) is 65.0 Å². The summed E-state index contributed by atoms with van der Waals surface area (Å²) in [6.45, 7) is 12.5. The van der Waals surface area contributed by atoms with Crippen LogP contribution in [-0.4, -0.2) is 18.9 Å². The molecule has 1 N–H and O–H groups in total. The number of ketones is 1. The van der Waals surface area contributed by atoms with Crippen molar-refractivity contribution in [2.24, 2.45) is 11.3 Å². The Bertz CT molecular complexity index is 866. The largest absolute Gasteiger partial charge is 0.466 e. The summed E-state index contributed by atoms with van der Waals surface area (Å²) in [6.07, 6.45) is 2.61. The fourth-order valence-electron chi connectivity index (χ4n) is 4.40. The summed E-state index contributed by atoms with van der Waals surface area (Å²) < 4.78 is 5.08. The van der Waals surface area contributed by atoms with Gasteiger partial charge in [-0.05, 0) is 28.9 Å². The second-order valence-electron chi connectivity index (χ2n) is 9.71. The second-order valence-corrected chi connectivity index (χ2v) is 9.71. The quantitative estimate of drug-likeness (QED) is 0.760. The minimum Gasteiger partial charge on any atom is -0.466 e. The van der Waals surface area contributed by atoms with E-state index in [4.69, 9.17) is 4.74 Å². The van der Waals surface area contributed by atoms with Crippen LogP contribution in [-0.2, 0) is 19.7 Å². The maximum absolute atomic E-state index is 13.2. The van der Waals surface area contributed by atoms with Gasteiger partial charge in [0.25, 0.3) is 0 Å². The number of rotatable bonds is 2. The molecule has 0 amide bonds. The summed E-state index contributed by atoms with van der Waals surface area (Å²) >= 11 is 0. The lowest BCUT2D eigenvalue weighted by Crippen LogP contribution is -2.43. The van der Waals surface area contributed by atoms with Crippen LogP contribution in [0.4, 0.5) is 0 Å². The Morgan fingerprint density at radius 3 is 2.29 bits per heavy atom. The Morgan fingerprint density at radius 1 is 1.14 bits per heavy atom. The lowest BCUT2D eigenvalue weighted by Gasteiger charge is -2.41. The molecule has 3 rings (SSSR count). The van der Waals surface area contributed by atoms with Crippen LogP contribution < -0.4 is 5.32 Å². The first-order valence-corrected chi connectivity index (χ1v) is 9.86. The molecule has 0 aromatic heterocycles. The van der Waals surface area contributed by atoms with Crippen molar-refractivity contribution in [3.63, 3.8) is 0 Å². The third kappa shape index (κ3) is 3.65. The first-order chi connectivity index (χ1) is 12.9. The number of carbonyl (C=O) groups excluding carboxylic acids is 2. The molecule has 4 nitrogen and oxygen atoms in total. The van der Waals surface area contributed by atoms with Crippen LogP contribution in [0.3, 0.4) is 0 Å². The fraction of sp³-hybridized carbons (Fsp3) is 0.500. The zero-order chi connectivity index (χ0) is 20.9. The zero-order valence-electron chi connectivity index (χ0n) is 18.0. The average Bonchev–Trinajstić information content (AvgIpc) is 2.58. The molecule has 0 radical (unpaired) electrons. The van der Waals surface area contributed by atoms with Gasteiger partial charge in [0.1, 0.15) is 5.78 Å². The number of benzene rings is 1. The van der Waals surface area contributed by atoms with E-state index in [-0.39, 0.29) is 34.4 Å². The highest BCUT2D eigenvalue weighted by atomic mass is 16.5. The van der Waals surface area contributed by atoms with Crippen LogP contribution in [0.15, 0.2) is 47.3 Å². The molecule has 0 saturated carbocycles. The number of hydrogen-bond acceptors (Lipinski definition) is 4. The van der Waals surface area contributed by atoms with Crippen LogP contribution in [0.2, 0.25) is 0 Å². The molecular weight excluding hydrogens is 350 g/mol. The van der Waals surface area contributed by atoms with Gasteiger partial charge >= 0.3 is 5.97 Å². The molecule has 1 aliphatic heterocycles. The van der Waals surface area contributed by atoms with Gasteiger partial charge in [-0.25, -0.2) is 4.79 Å². The van der Waals surface area contributed by atoms with Gasteiger partial charge in [-0.1, -0.05) is 65.0 Å². The Balaban J connectivity index is 2.17. The topological polar surface area (TPSA) is 55.4 Å². The smallest absolute Gasteiger partial charge is 0.336 e. The van der Waals surface area contributed by atoms with Gasteiger partial charge in [0.2, 0.25) is 0 Å². The molecule has 0 spiro atoms. The van der Waals surface area contributed by atoms with Crippen LogP contribution >= 0.6 is 0 Å². The minimum absolute atomic E-state index is 0.0410. The number of hydrogen-bond donors (Lipinski definition) is 1. The van der Waals surface area contributed by atoms with Gasteiger partial charge in [0, 0.05) is 23.7 Å². The van der Waals surface area contributed by atoms with E-state index in [1.54, 1.807) is 0 Å². The summed E-state index contributed by atoms with van der Waals surface area (Å²) in [7, 11) is 1.39. The molecule has 1 heterocycles. The number of fused-ring (bicyclic) bond motifs is 1. The number of allylic oxidation sites excluding steroid dienone is 3. The van der Waals surface area contributed by atoms with E-state index in [0.717, 1.165) is 17.0 Å². The Morgan fingerprint density at radius 2 is 1.75 bits per heavy atom. The Kier molecular flexibility index (Phi) is 5.03. The zero-order valence-corrected chi connectivity index (χ0v) is 18.0. The van der Waals surface area contributed by atoms with Gasteiger partial charge in [0.15, 0.2) is 0 Å². The van der Waals surface area contributed by atoms with E-state index in [9.17, 15) is 9.59 Å². The first-order valence-electron chi connectivity index (χ1n) is 9.86. The lowest BCUT2D eigenvalue weighted by molar-refractivity contribution is -0.136. The Labute approximate surface area is 168 Å². The maximum Gasteiger partial charge on any atom is 0.336 e. The van der Waals surface area contributed by atoms with Crippen molar-refractivity contribution in [3.05, 3.63) is 58.4 Å². The summed E-state index contributed by atoms with van der Waals surface area (Å²) in [4.78, 5) is 25.8. The molecule has 1 aliphatic carbocycles. The van der Waals surface area contributed by atoms with Crippen molar-refractivity contribution in [2.45, 2.75) is 59.3 Å². The summed E-state index contributed by atoms with van der Waals surface area (Å²) in [5.41, 5.74) is 4.23. The van der Waals surface area contributed by atoms with Crippen molar-refractivity contribution < 1.29 is 14.3 Å². The summed E-state index contributed by atoms with van der Waals surface area (Å²) in [6, 6.07) is 8.30. The summed E-state index contributed by atoms with van der Waals surface area (Å²) in [5, 5.41) is 3.32. The number of ether oxygens (including phenoxy) is 1. The summed E-state index contributed by atoms with van der Waals surface area (Å²) in [5.74, 6) is -0.940. The van der Waals surface area contributed by atoms with Crippen LogP contribution in [0.25, 0.3) is 0 Å². The molecular formula is C24H31NO3. The number of Topliss-reactive ketones (excluding diaryl/α,β-unsaturated/α-hetero) is 1. The molecule has 1 aromatic carbocycles. The predicted molar refractivity (Wildman–Crippen MR) is 111 cm³/mol. The molecule has 28 heavy (non-hydrogen) atoms. The number of carbonyl (C=O) groups is 2. The van der Waals surface area contributed by atoms with Gasteiger partial charge < -0.3 is 10.1 Å². The third-order valence-electron chi connectivity index (χ3n) is 5.78. The van der Waals surface area contributed by atoms with Crippen molar-refractivity contribution in [1.29, 1.82) is 0 Å². The van der Waals surface area contributed by atoms with Gasteiger partial charge in [0.05, 0.1) is 18.6 Å². The average molecular weight is 382 g/mol. The number of nitrogens with one attached hydrogen (secondary N) is 1. The van der Waals surface area contributed by atoms with E-state index >= 15 is 0 Å². The van der Waals surface area contributed by atoms with Crippen molar-refractivity contribution in [3.8, 4) is 0 Å². The van der Waals surface area contributed by atoms with Crippen molar-refractivity contribution >= 4 is 11.8 Å². The number of methoxy groups -OCH3 is 1. The van der Waals surface area contributed by atoms with Gasteiger partial charge in [-0.2, -0.15) is 0 Å². The second kappa shape index (κ2) is 6.91. The highest BCUT2D eigenvalue weighted by Crippen LogP contribution is 2.47. The molecule has 0 saturated heterocycles. The maximum atomic E-state index is 13.2. The molecule has 4 heteroatoms. The van der Waals surface area contributed by atoms with E-state index < -0.39 is 0 Å². The highest BCUT2D eigenvalue weighted by Gasteiger charge is 2.46. The molecule has 0 bridgehead atoms. The molecule has 150 valence electrons. The van der Waals surface area contributed by atoms with Gasteiger partial charge in [-0.15, -0.1) is 0 Å². The molecule has 0 fully saturated rings. The van der Waals surface area contributed by atoms with Gasteiger partial charge in [-0.3, -0.25) is 4.79 Å². The van der Waals surface area contributed by atoms with E-state index in [1.165, 1.54) is 12.7 Å². The van der Waals surface area contributed by atoms with E-state index in [1.807, 2.05) is 6.92 Å². The lowest BCUT2D eigenvalue weighted by atomic mass is 9.66. The minimum atomic E-state index is -0.383. The number of esters is 1. The van der Waals surface area contributed by atoms with E-state index in [2.05, 4.69) is 70.3 Å². The van der Waals surface area contributed by atoms with E-state index in [0.29, 0.717) is 12.0 Å². The first kappa shape index (κ1) is 20.4. The highest BCUT2D eigenvalue weighted by molar-refractivity contribution is 5.96. The SMILES string of the molecule is COC(=O)C1=C(C)NC2=CC(C)(C)CC(=O)C2C1c1ccc(C(C)(C)C)cc1.